The summed E-state index contributed by atoms with van der Waals surface area (Å²) in [6.45, 7) is 3.04. The quantitative estimate of drug-likeness (QED) is 0.349. The second kappa shape index (κ2) is 14.0. The number of anilines is 1. The van der Waals surface area contributed by atoms with Gasteiger partial charge >= 0.3 is 11.8 Å². The summed E-state index contributed by atoms with van der Waals surface area (Å²) in [6, 6.07) is 16.2. The maximum absolute atomic E-state index is 12.6. The Labute approximate surface area is 184 Å². The summed E-state index contributed by atoms with van der Waals surface area (Å²) >= 11 is 0. The number of nitrogens with one attached hydrogen (secondary N) is 3. The van der Waals surface area contributed by atoms with Gasteiger partial charge in [-0.1, -0.05) is 87.9 Å². The number of carbonyl (C=O) groups excluding carboxylic acids is 3. The van der Waals surface area contributed by atoms with Crippen molar-refractivity contribution in [2.45, 2.75) is 58.4 Å². The van der Waals surface area contributed by atoms with Crippen LogP contribution in [0.2, 0.25) is 0 Å². The van der Waals surface area contributed by atoms with Gasteiger partial charge in [-0.05, 0) is 24.1 Å². The van der Waals surface area contributed by atoms with E-state index >= 15 is 0 Å². The number of unbranched alkanes of at least 4 members (excludes halogenated alkanes) is 6. The Morgan fingerprint density at radius 2 is 1.35 bits per heavy atom. The van der Waals surface area contributed by atoms with E-state index in [1.165, 1.54) is 25.7 Å². The van der Waals surface area contributed by atoms with E-state index in [9.17, 15) is 14.4 Å². The third kappa shape index (κ3) is 9.03. The van der Waals surface area contributed by atoms with Crippen LogP contribution in [0.25, 0.3) is 0 Å². The summed E-state index contributed by atoms with van der Waals surface area (Å²) in [7, 11) is 0. The van der Waals surface area contributed by atoms with Crippen molar-refractivity contribution in [2.75, 3.05) is 11.9 Å². The maximum atomic E-state index is 12.6. The van der Waals surface area contributed by atoms with E-state index in [1.54, 1.807) is 24.3 Å². The number of amides is 3. The molecule has 6 nitrogen and oxygen atoms in total. The van der Waals surface area contributed by atoms with Gasteiger partial charge in [0, 0.05) is 13.1 Å². The summed E-state index contributed by atoms with van der Waals surface area (Å²) in [5, 5.41) is 8.04. The van der Waals surface area contributed by atoms with Crippen LogP contribution in [0, 0.1) is 0 Å². The molecule has 0 atom stereocenters. The minimum absolute atomic E-state index is 0.309. The van der Waals surface area contributed by atoms with Crippen molar-refractivity contribution in [3.05, 3.63) is 65.7 Å². The summed E-state index contributed by atoms with van der Waals surface area (Å²) in [4.78, 5) is 36.9. The molecule has 0 aliphatic carbocycles. The maximum Gasteiger partial charge on any atom is 0.313 e. The van der Waals surface area contributed by atoms with Crippen LogP contribution in [-0.4, -0.2) is 24.3 Å². The van der Waals surface area contributed by atoms with Crippen molar-refractivity contribution in [1.82, 2.24) is 10.6 Å². The molecule has 3 N–H and O–H groups in total. The molecule has 0 saturated carbocycles. The highest BCUT2D eigenvalue weighted by Crippen LogP contribution is 2.15. The van der Waals surface area contributed by atoms with Gasteiger partial charge < -0.3 is 16.0 Å². The molecule has 0 aliphatic rings. The minimum Gasteiger partial charge on any atom is -0.348 e. The van der Waals surface area contributed by atoms with Crippen LogP contribution < -0.4 is 16.0 Å². The summed E-state index contributed by atoms with van der Waals surface area (Å²) < 4.78 is 0. The average Bonchev–Trinajstić information content (AvgIpc) is 2.80. The lowest BCUT2D eigenvalue weighted by atomic mass is 10.1. The first-order chi connectivity index (χ1) is 15.1. The number of hydrogen-bond acceptors (Lipinski definition) is 3. The average molecular weight is 424 g/mol. The van der Waals surface area contributed by atoms with E-state index in [-0.39, 0.29) is 5.91 Å². The van der Waals surface area contributed by atoms with E-state index in [0.717, 1.165) is 24.8 Å². The van der Waals surface area contributed by atoms with Crippen LogP contribution in [0.15, 0.2) is 54.6 Å². The SMILES string of the molecule is CCCCCCCCCNC(=O)C(=O)Nc1ccccc1C(=O)NCc1ccccc1. The van der Waals surface area contributed by atoms with E-state index in [0.29, 0.717) is 24.3 Å². The lowest BCUT2D eigenvalue weighted by Gasteiger charge is -2.11. The Morgan fingerprint density at radius 1 is 0.710 bits per heavy atom. The highest BCUT2D eigenvalue weighted by atomic mass is 16.2. The number of benzene rings is 2. The first-order valence-electron chi connectivity index (χ1n) is 11.1. The molecule has 2 aromatic carbocycles. The van der Waals surface area contributed by atoms with E-state index < -0.39 is 11.8 Å². The number of carbonyl (C=O) groups is 3. The standard InChI is InChI=1S/C25H33N3O3/c1-2-3-4-5-6-7-13-18-26-24(30)25(31)28-22-17-12-11-16-21(22)23(29)27-19-20-14-9-8-10-15-20/h8-12,14-17H,2-7,13,18-19H2,1H3,(H,26,30)(H,27,29)(H,28,31). The molecule has 0 radical (unpaired) electrons. The molecule has 166 valence electrons. The summed E-state index contributed by atoms with van der Waals surface area (Å²) in [6.07, 6.45) is 7.99. The molecule has 0 saturated heterocycles. The van der Waals surface area contributed by atoms with Gasteiger partial charge in [-0.2, -0.15) is 0 Å². The fourth-order valence-electron chi connectivity index (χ4n) is 3.21. The molecule has 2 aromatic rings. The van der Waals surface area contributed by atoms with Gasteiger partial charge in [0.25, 0.3) is 5.91 Å². The number of para-hydroxylation sites is 1. The molecule has 3 amide bonds. The minimum atomic E-state index is -0.772. The number of rotatable bonds is 12. The fourth-order valence-corrected chi connectivity index (χ4v) is 3.21. The van der Waals surface area contributed by atoms with Crippen LogP contribution in [0.3, 0.4) is 0 Å². The Kier molecular flexibility index (Phi) is 10.9. The predicted molar refractivity (Wildman–Crippen MR) is 124 cm³/mol. The zero-order chi connectivity index (χ0) is 22.3. The predicted octanol–water partition coefficient (Wildman–Crippen LogP) is 4.42. The lowest BCUT2D eigenvalue weighted by Crippen LogP contribution is -2.36. The molecule has 0 unspecified atom stereocenters. The number of hydrogen-bond donors (Lipinski definition) is 3. The van der Waals surface area contributed by atoms with Crippen LogP contribution in [0.1, 0.15) is 67.8 Å². The normalized spacial score (nSPS) is 10.4. The molecule has 0 bridgehead atoms. The lowest BCUT2D eigenvalue weighted by molar-refractivity contribution is -0.136. The summed E-state index contributed by atoms with van der Waals surface area (Å²) in [5.41, 5.74) is 1.60. The van der Waals surface area contributed by atoms with Crippen molar-refractivity contribution < 1.29 is 14.4 Å². The first-order valence-corrected chi connectivity index (χ1v) is 11.1. The molecule has 2 rings (SSSR count). The third-order valence-corrected chi connectivity index (χ3v) is 4.99. The largest absolute Gasteiger partial charge is 0.348 e. The topological polar surface area (TPSA) is 87.3 Å². The Balaban J connectivity index is 1.78. The zero-order valence-corrected chi connectivity index (χ0v) is 18.3. The Morgan fingerprint density at radius 3 is 2.10 bits per heavy atom. The van der Waals surface area contributed by atoms with Crippen LogP contribution in [-0.2, 0) is 16.1 Å². The van der Waals surface area contributed by atoms with Gasteiger partial charge in [-0.15, -0.1) is 0 Å². The van der Waals surface area contributed by atoms with Gasteiger partial charge in [-0.3, -0.25) is 14.4 Å². The van der Waals surface area contributed by atoms with Gasteiger partial charge in [0.05, 0.1) is 11.3 Å². The van der Waals surface area contributed by atoms with Crippen LogP contribution in [0.5, 0.6) is 0 Å². The molecular weight excluding hydrogens is 390 g/mol. The summed E-state index contributed by atoms with van der Waals surface area (Å²) in [5.74, 6) is -1.78. The first kappa shape index (κ1) is 24.1. The molecule has 0 aliphatic heterocycles. The molecule has 0 fully saturated rings. The van der Waals surface area contributed by atoms with E-state index in [1.807, 2.05) is 30.3 Å². The van der Waals surface area contributed by atoms with Crippen molar-refractivity contribution in [2.24, 2.45) is 0 Å². The zero-order valence-electron chi connectivity index (χ0n) is 18.3. The van der Waals surface area contributed by atoms with Crippen molar-refractivity contribution in [3.63, 3.8) is 0 Å². The second-order valence-electron chi connectivity index (χ2n) is 7.55. The Bertz CT molecular complexity index is 837. The molecule has 0 aromatic heterocycles. The molecule has 0 spiro atoms. The highest BCUT2D eigenvalue weighted by Gasteiger charge is 2.17. The van der Waals surface area contributed by atoms with Crippen LogP contribution in [0.4, 0.5) is 5.69 Å². The fraction of sp³-hybridized carbons (Fsp3) is 0.400. The van der Waals surface area contributed by atoms with Gasteiger partial charge in [-0.25, -0.2) is 0 Å². The third-order valence-electron chi connectivity index (χ3n) is 4.99. The van der Waals surface area contributed by atoms with Gasteiger partial charge in [0.1, 0.15) is 0 Å². The molecular formula is C25H33N3O3. The smallest absolute Gasteiger partial charge is 0.313 e. The Hall–Kier alpha value is -3.15. The van der Waals surface area contributed by atoms with Gasteiger partial charge in [0.15, 0.2) is 0 Å². The highest BCUT2D eigenvalue weighted by molar-refractivity contribution is 6.40. The van der Waals surface area contributed by atoms with E-state index in [2.05, 4.69) is 22.9 Å². The van der Waals surface area contributed by atoms with Crippen molar-refractivity contribution >= 4 is 23.4 Å². The monoisotopic (exact) mass is 423 g/mol. The molecule has 0 heterocycles. The van der Waals surface area contributed by atoms with Crippen LogP contribution >= 0.6 is 0 Å². The van der Waals surface area contributed by atoms with Crippen molar-refractivity contribution in [1.29, 1.82) is 0 Å². The van der Waals surface area contributed by atoms with Gasteiger partial charge in [0.2, 0.25) is 0 Å². The van der Waals surface area contributed by atoms with Crippen molar-refractivity contribution in [3.8, 4) is 0 Å². The second-order valence-corrected chi connectivity index (χ2v) is 7.55. The molecule has 31 heavy (non-hydrogen) atoms. The molecule has 6 heteroatoms. The van der Waals surface area contributed by atoms with E-state index in [4.69, 9.17) is 0 Å².